The smallest absolute Gasteiger partial charge is 0.255 e. The summed E-state index contributed by atoms with van der Waals surface area (Å²) < 4.78 is 0. The SMILES string of the molecule is CC(C)(C)C1=C(Cc2ccccc2)C(=O)NC1=O. The fourth-order valence-corrected chi connectivity index (χ4v) is 2.25. The number of hydrogen-bond acceptors (Lipinski definition) is 2. The first-order valence-electron chi connectivity index (χ1n) is 6.03. The second kappa shape index (κ2) is 4.41. The topological polar surface area (TPSA) is 46.2 Å². The molecule has 0 saturated heterocycles. The fraction of sp³-hybridized carbons (Fsp3) is 0.333. The Morgan fingerprint density at radius 3 is 2.17 bits per heavy atom. The Hall–Kier alpha value is -1.90. The fourth-order valence-electron chi connectivity index (χ4n) is 2.25. The van der Waals surface area contributed by atoms with Crippen molar-refractivity contribution in [1.29, 1.82) is 0 Å². The zero-order valence-electron chi connectivity index (χ0n) is 10.9. The lowest BCUT2D eigenvalue weighted by Gasteiger charge is -2.19. The van der Waals surface area contributed by atoms with Gasteiger partial charge in [0.1, 0.15) is 0 Å². The number of benzene rings is 1. The third-order valence-electron chi connectivity index (χ3n) is 3.00. The molecule has 1 aromatic carbocycles. The lowest BCUT2D eigenvalue weighted by molar-refractivity contribution is -0.124. The molecule has 0 fully saturated rings. The van der Waals surface area contributed by atoms with E-state index in [1.54, 1.807) is 0 Å². The van der Waals surface area contributed by atoms with Crippen molar-refractivity contribution in [2.75, 3.05) is 0 Å². The summed E-state index contributed by atoms with van der Waals surface area (Å²) in [6, 6.07) is 9.72. The van der Waals surface area contributed by atoms with Crippen LogP contribution in [0.15, 0.2) is 41.5 Å². The Kier molecular flexibility index (Phi) is 3.07. The van der Waals surface area contributed by atoms with Gasteiger partial charge >= 0.3 is 0 Å². The van der Waals surface area contributed by atoms with E-state index in [0.29, 0.717) is 17.6 Å². The monoisotopic (exact) mass is 243 g/mol. The highest BCUT2D eigenvalue weighted by atomic mass is 16.2. The van der Waals surface area contributed by atoms with E-state index in [1.807, 2.05) is 51.1 Å². The predicted molar refractivity (Wildman–Crippen MR) is 69.8 cm³/mol. The van der Waals surface area contributed by atoms with Gasteiger partial charge in [0, 0.05) is 17.6 Å². The molecule has 1 aromatic rings. The molecule has 1 N–H and O–H groups in total. The number of hydrogen-bond donors (Lipinski definition) is 1. The molecule has 0 aromatic heterocycles. The van der Waals surface area contributed by atoms with E-state index in [-0.39, 0.29) is 17.2 Å². The molecule has 0 atom stereocenters. The summed E-state index contributed by atoms with van der Waals surface area (Å²) in [7, 11) is 0. The van der Waals surface area contributed by atoms with Gasteiger partial charge in [-0.25, -0.2) is 0 Å². The van der Waals surface area contributed by atoms with Crippen molar-refractivity contribution in [2.24, 2.45) is 5.41 Å². The zero-order chi connectivity index (χ0) is 13.3. The van der Waals surface area contributed by atoms with Gasteiger partial charge in [-0.05, 0) is 11.0 Å². The van der Waals surface area contributed by atoms with Crippen molar-refractivity contribution in [2.45, 2.75) is 27.2 Å². The van der Waals surface area contributed by atoms with Crippen molar-refractivity contribution >= 4 is 11.8 Å². The van der Waals surface area contributed by atoms with E-state index in [4.69, 9.17) is 0 Å². The van der Waals surface area contributed by atoms with Crippen LogP contribution in [0.5, 0.6) is 0 Å². The molecular weight excluding hydrogens is 226 g/mol. The van der Waals surface area contributed by atoms with Crippen LogP contribution in [0.2, 0.25) is 0 Å². The molecule has 0 unspecified atom stereocenters. The van der Waals surface area contributed by atoms with Gasteiger partial charge < -0.3 is 0 Å². The predicted octanol–water partition coefficient (Wildman–Crippen LogP) is 2.23. The minimum absolute atomic E-state index is 0.251. The lowest BCUT2D eigenvalue weighted by atomic mass is 9.82. The average molecular weight is 243 g/mol. The molecule has 3 nitrogen and oxygen atoms in total. The molecule has 3 heteroatoms. The molecule has 1 heterocycles. The molecule has 18 heavy (non-hydrogen) atoms. The summed E-state index contributed by atoms with van der Waals surface area (Å²) in [5.74, 6) is -0.507. The van der Waals surface area contributed by atoms with E-state index in [0.717, 1.165) is 5.56 Å². The first-order chi connectivity index (χ1) is 8.39. The largest absolute Gasteiger partial charge is 0.289 e. The minimum Gasteiger partial charge on any atom is -0.289 e. The number of amides is 2. The molecule has 94 valence electrons. The molecule has 2 amide bonds. The van der Waals surface area contributed by atoms with Crippen LogP contribution < -0.4 is 5.32 Å². The minimum atomic E-state index is -0.319. The van der Waals surface area contributed by atoms with Crippen molar-refractivity contribution in [3.05, 3.63) is 47.0 Å². The maximum absolute atomic E-state index is 11.9. The van der Waals surface area contributed by atoms with E-state index in [1.165, 1.54) is 0 Å². The Morgan fingerprint density at radius 2 is 1.61 bits per heavy atom. The third-order valence-corrected chi connectivity index (χ3v) is 3.00. The highest BCUT2D eigenvalue weighted by Crippen LogP contribution is 2.32. The number of imide groups is 1. The standard InChI is InChI=1S/C15H17NO2/c1-15(2,3)12-11(13(17)16-14(12)18)9-10-7-5-4-6-8-10/h4-8H,9H2,1-3H3,(H,16,17,18). The summed E-state index contributed by atoms with van der Waals surface area (Å²) >= 11 is 0. The Bertz CT molecular complexity index is 521. The highest BCUT2D eigenvalue weighted by molar-refractivity contribution is 6.20. The third kappa shape index (κ3) is 2.35. The van der Waals surface area contributed by atoms with E-state index >= 15 is 0 Å². The van der Waals surface area contributed by atoms with Crippen LogP contribution in [0.4, 0.5) is 0 Å². The second-order valence-corrected chi connectivity index (χ2v) is 5.55. The average Bonchev–Trinajstić information content (AvgIpc) is 2.54. The molecule has 0 radical (unpaired) electrons. The first kappa shape index (κ1) is 12.6. The van der Waals surface area contributed by atoms with Gasteiger partial charge in [-0.3, -0.25) is 14.9 Å². The van der Waals surface area contributed by atoms with E-state index < -0.39 is 0 Å². The first-order valence-corrected chi connectivity index (χ1v) is 6.03. The lowest BCUT2D eigenvalue weighted by Crippen LogP contribution is -2.26. The maximum Gasteiger partial charge on any atom is 0.255 e. The van der Waals surface area contributed by atoms with Gasteiger partial charge in [-0.15, -0.1) is 0 Å². The van der Waals surface area contributed by atoms with Gasteiger partial charge in [0.25, 0.3) is 11.8 Å². The Morgan fingerprint density at radius 1 is 1.00 bits per heavy atom. The van der Waals surface area contributed by atoms with Gasteiger partial charge in [-0.1, -0.05) is 51.1 Å². The summed E-state index contributed by atoms with van der Waals surface area (Å²) in [4.78, 5) is 23.7. The Labute approximate surface area is 107 Å². The van der Waals surface area contributed by atoms with Crippen molar-refractivity contribution in [1.82, 2.24) is 5.32 Å². The molecular formula is C15H17NO2. The number of nitrogens with one attached hydrogen (secondary N) is 1. The number of carbonyl (C=O) groups excluding carboxylic acids is 2. The van der Waals surface area contributed by atoms with Crippen molar-refractivity contribution in [3.63, 3.8) is 0 Å². The second-order valence-electron chi connectivity index (χ2n) is 5.55. The zero-order valence-corrected chi connectivity index (χ0v) is 10.9. The van der Waals surface area contributed by atoms with Gasteiger partial charge in [0.15, 0.2) is 0 Å². The molecule has 0 aliphatic carbocycles. The molecule has 1 aliphatic heterocycles. The molecule has 0 bridgehead atoms. The summed E-state index contributed by atoms with van der Waals surface area (Å²) in [6.45, 7) is 5.85. The van der Waals surface area contributed by atoms with Crippen LogP contribution in [0.25, 0.3) is 0 Å². The molecule has 2 rings (SSSR count). The van der Waals surface area contributed by atoms with Gasteiger partial charge in [-0.2, -0.15) is 0 Å². The molecule has 0 saturated carbocycles. The highest BCUT2D eigenvalue weighted by Gasteiger charge is 2.36. The van der Waals surface area contributed by atoms with Crippen LogP contribution in [-0.4, -0.2) is 11.8 Å². The van der Waals surface area contributed by atoms with Crippen molar-refractivity contribution < 1.29 is 9.59 Å². The van der Waals surface area contributed by atoms with Crippen LogP contribution in [0, 0.1) is 5.41 Å². The van der Waals surface area contributed by atoms with Gasteiger partial charge in [0.2, 0.25) is 0 Å². The van der Waals surface area contributed by atoms with Crippen LogP contribution in [0.3, 0.4) is 0 Å². The summed E-state index contributed by atoms with van der Waals surface area (Å²) in [5, 5.41) is 2.39. The van der Waals surface area contributed by atoms with E-state index in [9.17, 15) is 9.59 Å². The van der Waals surface area contributed by atoms with E-state index in [2.05, 4.69) is 5.32 Å². The normalized spacial score (nSPS) is 16.2. The summed E-state index contributed by atoms with van der Waals surface area (Å²) in [6.07, 6.45) is 0.505. The maximum atomic E-state index is 11.9. The summed E-state index contributed by atoms with van der Waals surface area (Å²) in [5.41, 5.74) is 1.93. The van der Waals surface area contributed by atoms with Gasteiger partial charge in [0.05, 0.1) is 0 Å². The molecule has 1 aliphatic rings. The van der Waals surface area contributed by atoms with Crippen LogP contribution >= 0.6 is 0 Å². The molecule has 0 spiro atoms. The number of rotatable bonds is 2. The van der Waals surface area contributed by atoms with Crippen LogP contribution in [-0.2, 0) is 16.0 Å². The number of carbonyl (C=O) groups is 2. The quantitative estimate of drug-likeness (QED) is 0.810. The van der Waals surface area contributed by atoms with Crippen LogP contribution in [0.1, 0.15) is 26.3 Å². The van der Waals surface area contributed by atoms with Crippen molar-refractivity contribution in [3.8, 4) is 0 Å². The Balaban J connectivity index is 2.41.